The van der Waals surface area contributed by atoms with Gasteiger partial charge in [-0.05, 0) is 50.7 Å². The number of aryl methyl sites for hydroxylation is 1. The Morgan fingerprint density at radius 1 is 1.27 bits per heavy atom. The van der Waals surface area contributed by atoms with E-state index in [4.69, 9.17) is 18.6 Å². The average molecular weight is 417 g/mol. The molecule has 5 heteroatoms. The van der Waals surface area contributed by atoms with Crippen molar-refractivity contribution in [3.05, 3.63) is 47.8 Å². The molecule has 166 valence electrons. The Bertz CT molecular complexity index is 864. The summed E-state index contributed by atoms with van der Waals surface area (Å²) in [5, 5.41) is 10.9. The summed E-state index contributed by atoms with van der Waals surface area (Å²) in [6, 6.07) is 3.98. The van der Waals surface area contributed by atoms with Crippen molar-refractivity contribution in [2.45, 2.75) is 46.5 Å². The van der Waals surface area contributed by atoms with Gasteiger partial charge in [-0.15, -0.1) is 6.58 Å². The zero-order valence-electron chi connectivity index (χ0n) is 19.2. The second-order valence-corrected chi connectivity index (χ2v) is 8.15. The van der Waals surface area contributed by atoms with Crippen LogP contribution in [0.15, 0.2) is 40.9 Å². The molecule has 0 spiro atoms. The first-order valence-corrected chi connectivity index (χ1v) is 10.5. The quantitative estimate of drug-likeness (QED) is 0.340. The molecule has 0 aliphatic carbocycles. The van der Waals surface area contributed by atoms with Gasteiger partial charge in [0.25, 0.3) is 0 Å². The first-order chi connectivity index (χ1) is 14.3. The molecule has 0 saturated heterocycles. The van der Waals surface area contributed by atoms with Gasteiger partial charge in [-0.25, -0.2) is 0 Å². The maximum Gasteiger partial charge on any atom is 0.188 e. The van der Waals surface area contributed by atoms with E-state index in [-0.39, 0.29) is 25.2 Å². The lowest BCUT2D eigenvalue weighted by atomic mass is 9.89. The van der Waals surface area contributed by atoms with Gasteiger partial charge in [0, 0.05) is 30.6 Å². The van der Waals surface area contributed by atoms with Crippen molar-refractivity contribution in [3.8, 4) is 11.5 Å². The van der Waals surface area contributed by atoms with Gasteiger partial charge in [-0.2, -0.15) is 0 Å². The number of allylic oxidation sites excluding steroid dienone is 3. The highest BCUT2D eigenvalue weighted by atomic mass is 16.7. The minimum atomic E-state index is 0.151. The van der Waals surface area contributed by atoms with Crippen LogP contribution < -0.4 is 9.47 Å². The van der Waals surface area contributed by atoms with Crippen LogP contribution in [0.5, 0.6) is 11.5 Å². The Kier molecular flexibility index (Phi) is 9.00. The molecule has 0 unspecified atom stereocenters. The van der Waals surface area contributed by atoms with Crippen molar-refractivity contribution in [2.75, 3.05) is 27.6 Å². The summed E-state index contributed by atoms with van der Waals surface area (Å²) in [7, 11) is 3.21. The molecule has 0 aliphatic heterocycles. The third kappa shape index (κ3) is 5.89. The Morgan fingerprint density at radius 2 is 2.00 bits per heavy atom. The lowest BCUT2D eigenvalue weighted by molar-refractivity contribution is 0.0492. The van der Waals surface area contributed by atoms with Crippen LogP contribution in [0, 0.1) is 18.8 Å². The number of fused-ring (bicyclic) bond motifs is 1. The fourth-order valence-electron chi connectivity index (χ4n) is 3.92. The molecule has 3 atom stereocenters. The van der Waals surface area contributed by atoms with Gasteiger partial charge in [-0.3, -0.25) is 0 Å². The van der Waals surface area contributed by atoms with Crippen molar-refractivity contribution in [1.29, 1.82) is 0 Å². The van der Waals surface area contributed by atoms with Gasteiger partial charge in [0.1, 0.15) is 11.3 Å². The van der Waals surface area contributed by atoms with Gasteiger partial charge < -0.3 is 23.7 Å². The highest BCUT2D eigenvalue weighted by Gasteiger charge is 2.21. The van der Waals surface area contributed by atoms with E-state index in [1.54, 1.807) is 14.2 Å². The zero-order chi connectivity index (χ0) is 22.3. The highest BCUT2D eigenvalue weighted by molar-refractivity contribution is 5.86. The molecule has 5 nitrogen and oxygen atoms in total. The SMILES string of the molecule is C=C[C@H](C)/C=C(\C)C[C@@H](CO)C[C@H](C)c1cc2cc(OCOC)c(OC)c(C)c2o1. The largest absolute Gasteiger partial charge is 0.492 e. The maximum atomic E-state index is 9.91. The molecule has 2 aromatic rings. The number of hydrogen-bond donors (Lipinski definition) is 1. The average Bonchev–Trinajstić information content (AvgIpc) is 3.16. The predicted octanol–water partition coefficient (Wildman–Crippen LogP) is 5.99. The summed E-state index contributed by atoms with van der Waals surface area (Å²) in [6.07, 6.45) is 5.84. The Morgan fingerprint density at radius 3 is 2.60 bits per heavy atom. The number of methoxy groups -OCH3 is 2. The second-order valence-electron chi connectivity index (χ2n) is 8.15. The van der Waals surface area contributed by atoms with Crippen LogP contribution >= 0.6 is 0 Å². The molecule has 30 heavy (non-hydrogen) atoms. The first kappa shape index (κ1) is 24.0. The number of hydrogen-bond acceptors (Lipinski definition) is 5. The number of benzene rings is 1. The van der Waals surface area contributed by atoms with Gasteiger partial charge in [0.05, 0.1) is 7.11 Å². The van der Waals surface area contributed by atoms with Gasteiger partial charge in [-0.1, -0.05) is 31.6 Å². The third-order valence-corrected chi connectivity index (χ3v) is 5.47. The topological polar surface area (TPSA) is 61.1 Å². The number of ether oxygens (including phenoxy) is 3. The fourth-order valence-corrected chi connectivity index (χ4v) is 3.92. The molecule has 0 bridgehead atoms. The maximum absolute atomic E-state index is 9.91. The molecular weight excluding hydrogens is 380 g/mol. The third-order valence-electron chi connectivity index (χ3n) is 5.47. The van der Waals surface area contributed by atoms with E-state index in [0.717, 1.165) is 35.1 Å². The summed E-state index contributed by atoms with van der Waals surface area (Å²) in [6.45, 7) is 12.5. The molecule has 1 aromatic heterocycles. The van der Waals surface area contributed by atoms with E-state index in [1.165, 1.54) is 5.57 Å². The molecule has 0 amide bonds. The minimum absolute atomic E-state index is 0.151. The van der Waals surface area contributed by atoms with Crippen LogP contribution in [-0.4, -0.2) is 32.7 Å². The van der Waals surface area contributed by atoms with Gasteiger partial charge in [0.2, 0.25) is 0 Å². The Hall–Kier alpha value is -2.24. The van der Waals surface area contributed by atoms with Crippen LogP contribution in [0.4, 0.5) is 0 Å². The molecule has 0 saturated carbocycles. The van der Waals surface area contributed by atoms with Gasteiger partial charge >= 0.3 is 0 Å². The van der Waals surface area contributed by atoms with Crippen molar-refractivity contribution in [3.63, 3.8) is 0 Å². The fraction of sp³-hybridized carbons (Fsp3) is 0.520. The van der Waals surface area contributed by atoms with Crippen LogP contribution in [0.1, 0.15) is 50.9 Å². The lowest BCUT2D eigenvalue weighted by Crippen LogP contribution is -2.10. The van der Waals surface area contributed by atoms with E-state index in [2.05, 4.69) is 39.5 Å². The van der Waals surface area contributed by atoms with Crippen LogP contribution in [0.3, 0.4) is 0 Å². The molecule has 1 N–H and O–H groups in total. The zero-order valence-corrected chi connectivity index (χ0v) is 19.2. The van der Waals surface area contributed by atoms with Crippen LogP contribution in [0.2, 0.25) is 0 Å². The van der Waals surface area contributed by atoms with Crippen LogP contribution in [-0.2, 0) is 4.74 Å². The Labute approximate surface area is 180 Å². The van der Waals surface area contributed by atoms with E-state index in [0.29, 0.717) is 17.4 Å². The summed E-state index contributed by atoms with van der Waals surface area (Å²) in [4.78, 5) is 0. The van der Waals surface area contributed by atoms with Crippen LogP contribution in [0.25, 0.3) is 11.0 Å². The number of aliphatic hydroxyl groups is 1. The van der Waals surface area contributed by atoms with E-state index >= 15 is 0 Å². The van der Waals surface area contributed by atoms with Gasteiger partial charge in [0.15, 0.2) is 18.3 Å². The van der Waals surface area contributed by atoms with E-state index in [1.807, 2.05) is 19.1 Å². The van der Waals surface area contributed by atoms with Crippen molar-refractivity contribution in [1.82, 2.24) is 0 Å². The number of rotatable bonds is 12. The molecule has 1 heterocycles. The second kappa shape index (κ2) is 11.2. The molecule has 1 aromatic carbocycles. The molecule has 0 aliphatic rings. The van der Waals surface area contributed by atoms with Crippen molar-refractivity contribution in [2.24, 2.45) is 11.8 Å². The first-order valence-electron chi connectivity index (χ1n) is 10.5. The van der Waals surface area contributed by atoms with Crippen molar-refractivity contribution >= 4 is 11.0 Å². The summed E-state index contributed by atoms with van der Waals surface area (Å²) in [5.74, 6) is 2.88. The smallest absolute Gasteiger partial charge is 0.188 e. The molecule has 0 fully saturated rings. The summed E-state index contributed by atoms with van der Waals surface area (Å²) in [5.41, 5.74) is 2.98. The minimum Gasteiger partial charge on any atom is -0.492 e. The number of furan rings is 1. The van der Waals surface area contributed by atoms with E-state index in [9.17, 15) is 5.11 Å². The lowest BCUT2D eigenvalue weighted by Gasteiger charge is -2.18. The van der Waals surface area contributed by atoms with E-state index < -0.39 is 0 Å². The molecule has 0 radical (unpaired) electrons. The van der Waals surface area contributed by atoms with Crippen molar-refractivity contribution < 1.29 is 23.7 Å². The highest BCUT2D eigenvalue weighted by Crippen LogP contribution is 2.40. The standard InChI is InChI=1S/C25H36O5/c1-8-16(2)9-17(3)10-20(14-26)11-18(4)22-12-21-13-23(29-15-27-6)25(28-7)19(5)24(21)30-22/h8-9,12-13,16,18,20,26H,1,10-11,14-15H2,2-7H3/b17-9+/t16-,18-,20+/m0/s1. The predicted molar refractivity (Wildman–Crippen MR) is 121 cm³/mol. The summed E-state index contributed by atoms with van der Waals surface area (Å²) >= 11 is 0. The normalized spacial score (nSPS) is 15.1. The summed E-state index contributed by atoms with van der Waals surface area (Å²) < 4.78 is 22.4. The molecular formula is C25H36O5. The molecule has 2 rings (SSSR count). The Balaban J connectivity index is 2.23. The monoisotopic (exact) mass is 416 g/mol. The number of aliphatic hydroxyl groups excluding tert-OH is 1.